The topological polar surface area (TPSA) is 15.3 Å². The van der Waals surface area contributed by atoms with Crippen LogP contribution in [0.1, 0.15) is 12.8 Å². The van der Waals surface area contributed by atoms with Gasteiger partial charge in [-0.25, -0.2) is 0 Å². The molecular formula is C13H16N2. The van der Waals surface area contributed by atoms with E-state index in [0.717, 1.165) is 5.69 Å². The molecule has 2 heteroatoms. The van der Waals surface area contributed by atoms with Crippen molar-refractivity contribution < 1.29 is 0 Å². The zero-order valence-corrected chi connectivity index (χ0v) is 8.87. The van der Waals surface area contributed by atoms with E-state index in [2.05, 4.69) is 40.4 Å². The van der Waals surface area contributed by atoms with Crippen LogP contribution in [0.2, 0.25) is 0 Å². The lowest BCUT2D eigenvalue weighted by molar-refractivity contribution is 0.949. The molecule has 1 aliphatic heterocycles. The molecule has 1 aliphatic rings. The molecule has 0 bridgehead atoms. The summed E-state index contributed by atoms with van der Waals surface area (Å²) in [5, 5.41) is 3.16. The summed E-state index contributed by atoms with van der Waals surface area (Å²) in [6, 6.07) is 8.49. The van der Waals surface area contributed by atoms with Gasteiger partial charge in [-0.2, -0.15) is 0 Å². The van der Waals surface area contributed by atoms with Crippen molar-refractivity contribution in [1.82, 2.24) is 0 Å². The first kappa shape index (κ1) is 9.92. The van der Waals surface area contributed by atoms with Crippen molar-refractivity contribution in [2.45, 2.75) is 12.8 Å². The van der Waals surface area contributed by atoms with E-state index < -0.39 is 0 Å². The number of benzene rings is 1. The number of nitrogens with zero attached hydrogens (tertiary/aromatic N) is 1. The second kappa shape index (κ2) is 4.75. The van der Waals surface area contributed by atoms with E-state index in [1.807, 2.05) is 0 Å². The molecule has 1 fully saturated rings. The van der Waals surface area contributed by atoms with Gasteiger partial charge in [-0.15, -0.1) is 6.42 Å². The average molecular weight is 200 g/mol. The van der Waals surface area contributed by atoms with E-state index in [9.17, 15) is 0 Å². The highest BCUT2D eigenvalue weighted by atomic mass is 15.1. The molecule has 15 heavy (non-hydrogen) atoms. The Kier molecular flexibility index (Phi) is 3.14. The van der Waals surface area contributed by atoms with Crippen LogP contribution in [0.4, 0.5) is 11.4 Å². The molecule has 0 aliphatic carbocycles. The van der Waals surface area contributed by atoms with Crippen LogP contribution >= 0.6 is 0 Å². The van der Waals surface area contributed by atoms with Gasteiger partial charge < -0.3 is 10.2 Å². The summed E-state index contributed by atoms with van der Waals surface area (Å²) in [7, 11) is 0. The van der Waals surface area contributed by atoms with E-state index in [1.165, 1.54) is 31.6 Å². The Hall–Kier alpha value is -1.62. The fourth-order valence-corrected chi connectivity index (χ4v) is 1.92. The van der Waals surface area contributed by atoms with Crippen LogP contribution in [-0.4, -0.2) is 19.6 Å². The summed E-state index contributed by atoms with van der Waals surface area (Å²) in [5.74, 6) is 2.56. The molecule has 1 aromatic rings. The van der Waals surface area contributed by atoms with Gasteiger partial charge in [0, 0.05) is 24.5 Å². The number of hydrogen-bond donors (Lipinski definition) is 1. The summed E-state index contributed by atoms with van der Waals surface area (Å²) >= 11 is 0. The third-order valence-electron chi connectivity index (χ3n) is 2.73. The van der Waals surface area contributed by atoms with E-state index in [1.54, 1.807) is 0 Å². The SMILES string of the molecule is C#CCNc1ccc(N2CCCC2)cc1. The predicted octanol–water partition coefficient (Wildman–Crippen LogP) is 2.33. The van der Waals surface area contributed by atoms with Gasteiger partial charge in [0.25, 0.3) is 0 Å². The minimum Gasteiger partial charge on any atom is -0.374 e. The summed E-state index contributed by atoms with van der Waals surface area (Å²) in [4.78, 5) is 2.42. The third kappa shape index (κ3) is 2.44. The minimum atomic E-state index is 0.586. The molecule has 0 aromatic heterocycles. The van der Waals surface area contributed by atoms with Gasteiger partial charge in [-0.3, -0.25) is 0 Å². The third-order valence-corrected chi connectivity index (χ3v) is 2.73. The number of nitrogens with one attached hydrogen (secondary N) is 1. The zero-order valence-electron chi connectivity index (χ0n) is 8.87. The first-order chi connectivity index (χ1) is 7.40. The van der Waals surface area contributed by atoms with Crippen molar-refractivity contribution in [3.05, 3.63) is 24.3 Å². The van der Waals surface area contributed by atoms with Gasteiger partial charge in [0.2, 0.25) is 0 Å². The van der Waals surface area contributed by atoms with Gasteiger partial charge >= 0.3 is 0 Å². The standard InChI is InChI=1S/C13H16N2/c1-2-9-14-12-5-7-13(8-6-12)15-10-3-4-11-15/h1,5-8,14H,3-4,9-11H2. The quantitative estimate of drug-likeness (QED) is 0.753. The normalized spacial score (nSPS) is 15.0. The molecule has 0 amide bonds. The summed E-state index contributed by atoms with van der Waals surface area (Å²) < 4.78 is 0. The molecule has 0 radical (unpaired) electrons. The smallest absolute Gasteiger partial charge is 0.0763 e. The van der Waals surface area contributed by atoms with Crippen molar-refractivity contribution in [3.8, 4) is 12.3 Å². The van der Waals surface area contributed by atoms with Crippen molar-refractivity contribution >= 4 is 11.4 Å². The fourth-order valence-electron chi connectivity index (χ4n) is 1.92. The van der Waals surface area contributed by atoms with E-state index in [4.69, 9.17) is 6.42 Å². The van der Waals surface area contributed by atoms with Crippen molar-refractivity contribution in [2.75, 3.05) is 29.9 Å². The van der Waals surface area contributed by atoms with Gasteiger partial charge in [0.1, 0.15) is 0 Å². The summed E-state index contributed by atoms with van der Waals surface area (Å²) in [6.07, 6.45) is 7.82. The number of terminal acetylenes is 1. The lowest BCUT2D eigenvalue weighted by atomic mass is 10.2. The monoisotopic (exact) mass is 200 g/mol. The molecule has 2 rings (SSSR count). The number of rotatable bonds is 3. The molecule has 1 N–H and O–H groups in total. The Labute approximate surface area is 91.3 Å². The van der Waals surface area contributed by atoms with Crippen molar-refractivity contribution in [1.29, 1.82) is 0 Å². The molecule has 0 atom stereocenters. The van der Waals surface area contributed by atoms with E-state index in [0.29, 0.717) is 6.54 Å². The molecule has 1 saturated heterocycles. The van der Waals surface area contributed by atoms with E-state index >= 15 is 0 Å². The van der Waals surface area contributed by atoms with Gasteiger partial charge in [0.05, 0.1) is 6.54 Å². The number of hydrogen-bond acceptors (Lipinski definition) is 2. The second-order valence-corrected chi connectivity index (χ2v) is 3.80. The minimum absolute atomic E-state index is 0.586. The van der Waals surface area contributed by atoms with Crippen LogP contribution in [0.3, 0.4) is 0 Å². The van der Waals surface area contributed by atoms with E-state index in [-0.39, 0.29) is 0 Å². The van der Waals surface area contributed by atoms with Crippen LogP contribution < -0.4 is 10.2 Å². The first-order valence-corrected chi connectivity index (χ1v) is 5.42. The van der Waals surface area contributed by atoms with Crippen LogP contribution in [-0.2, 0) is 0 Å². The molecular weight excluding hydrogens is 184 g/mol. The van der Waals surface area contributed by atoms with Crippen molar-refractivity contribution in [2.24, 2.45) is 0 Å². The molecule has 0 spiro atoms. The Balaban J connectivity index is 2.00. The maximum absolute atomic E-state index is 5.19. The highest BCUT2D eigenvalue weighted by molar-refractivity contribution is 5.55. The maximum atomic E-state index is 5.19. The van der Waals surface area contributed by atoms with Gasteiger partial charge in [0.15, 0.2) is 0 Å². The average Bonchev–Trinajstić information content (AvgIpc) is 2.80. The van der Waals surface area contributed by atoms with Crippen LogP contribution in [0.15, 0.2) is 24.3 Å². The van der Waals surface area contributed by atoms with Gasteiger partial charge in [-0.05, 0) is 37.1 Å². The van der Waals surface area contributed by atoms with Gasteiger partial charge in [-0.1, -0.05) is 5.92 Å². The Morgan fingerprint density at radius 2 is 1.87 bits per heavy atom. The lowest BCUT2D eigenvalue weighted by Crippen LogP contribution is -2.17. The zero-order chi connectivity index (χ0) is 10.5. The highest BCUT2D eigenvalue weighted by Crippen LogP contribution is 2.21. The molecule has 0 unspecified atom stereocenters. The van der Waals surface area contributed by atoms with Crippen LogP contribution in [0, 0.1) is 12.3 Å². The summed E-state index contributed by atoms with van der Waals surface area (Å²) in [5.41, 5.74) is 2.41. The van der Waals surface area contributed by atoms with Crippen LogP contribution in [0.25, 0.3) is 0 Å². The molecule has 2 nitrogen and oxygen atoms in total. The Bertz CT molecular complexity index is 342. The van der Waals surface area contributed by atoms with Crippen LogP contribution in [0.5, 0.6) is 0 Å². The molecule has 1 aromatic carbocycles. The largest absolute Gasteiger partial charge is 0.374 e. The first-order valence-electron chi connectivity index (χ1n) is 5.42. The predicted molar refractivity (Wildman–Crippen MR) is 65.2 cm³/mol. The Morgan fingerprint density at radius 3 is 2.47 bits per heavy atom. The molecule has 0 saturated carbocycles. The fraction of sp³-hybridized carbons (Fsp3) is 0.385. The maximum Gasteiger partial charge on any atom is 0.0763 e. The van der Waals surface area contributed by atoms with Crippen molar-refractivity contribution in [3.63, 3.8) is 0 Å². The highest BCUT2D eigenvalue weighted by Gasteiger charge is 2.11. The Morgan fingerprint density at radius 1 is 1.20 bits per heavy atom. The molecule has 78 valence electrons. The lowest BCUT2D eigenvalue weighted by Gasteiger charge is -2.17. The summed E-state index contributed by atoms with van der Waals surface area (Å²) in [6.45, 7) is 2.97. The molecule has 1 heterocycles. The second-order valence-electron chi connectivity index (χ2n) is 3.80. The number of anilines is 2.